The van der Waals surface area contributed by atoms with Crippen LogP contribution in [0.3, 0.4) is 0 Å². The second-order valence-electron chi connectivity index (χ2n) is 9.65. The van der Waals surface area contributed by atoms with Crippen molar-refractivity contribution >= 4 is 23.3 Å². The molecule has 0 aliphatic heterocycles. The number of carbonyl (C=O) groups excluding carboxylic acids is 2. The summed E-state index contributed by atoms with van der Waals surface area (Å²) in [6, 6.07) is 13.8. The third-order valence-corrected chi connectivity index (χ3v) is 5.51. The van der Waals surface area contributed by atoms with Crippen LogP contribution in [0.25, 0.3) is 0 Å². The highest BCUT2D eigenvalue weighted by molar-refractivity contribution is 5.97. The van der Waals surface area contributed by atoms with E-state index in [0.29, 0.717) is 24.0 Å². The highest BCUT2D eigenvalue weighted by Gasteiger charge is 2.20. The number of nitro benzene ring substituents is 2. The zero-order valence-corrected chi connectivity index (χ0v) is 21.5. The summed E-state index contributed by atoms with van der Waals surface area (Å²) in [6.07, 6.45) is 0.926. The first-order valence-corrected chi connectivity index (χ1v) is 12.0. The van der Waals surface area contributed by atoms with Gasteiger partial charge in [0.05, 0.1) is 21.0 Å². The van der Waals surface area contributed by atoms with Crippen molar-refractivity contribution < 1.29 is 28.9 Å². The Kier molecular flexibility index (Phi) is 8.90. The second kappa shape index (κ2) is 12.1. The number of hydrogen-bond acceptors (Lipinski definition) is 8. The van der Waals surface area contributed by atoms with E-state index in [0.717, 1.165) is 0 Å². The number of benzene rings is 3. The summed E-state index contributed by atoms with van der Waals surface area (Å²) in [6.45, 7) is 7.77. The Balaban J connectivity index is 1.83. The van der Waals surface area contributed by atoms with Crippen LogP contribution in [0.1, 0.15) is 59.5 Å². The van der Waals surface area contributed by atoms with E-state index in [2.05, 4.69) is 0 Å². The fourth-order valence-corrected chi connectivity index (χ4v) is 3.85. The standard InChI is InChI=1S/C28H28N2O8/c1-17(2)12-21-15-23(29(33)34)8-10-25(21)37-27(31)19-6-5-7-20(14-19)28(32)38-26-11-9-24(30(35)36)16-22(26)13-18(3)4/h5-11,14-18H,12-13H2,1-4H3. The molecular weight excluding hydrogens is 492 g/mol. The van der Waals surface area contributed by atoms with Crippen molar-refractivity contribution in [3.05, 3.63) is 103 Å². The minimum Gasteiger partial charge on any atom is -0.423 e. The topological polar surface area (TPSA) is 139 Å². The van der Waals surface area contributed by atoms with Gasteiger partial charge >= 0.3 is 11.9 Å². The molecule has 0 N–H and O–H groups in total. The van der Waals surface area contributed by atoms with E-state index >= 15 is 0 Å². The molecule has 0 unspecified atom stereocenters. The van der Waals surface area contributed by atoms with Gasteiger partial charge in [-0.3, -0.25) is 20.2 Å². The molecule has 3 rings (SSSR count). The number of rotatable bonds is 10. The van der Waals surface area contributed by atoms with Gasteiger partial charge in [0.25, 0.3) is 11.4 Å². The molecule has 0 aliphatic rings. The van der Waals surface area contributed by atoms with Crippen molar-refractivity contribution in [1.29, 1.82) is 0 Å². The van der Waals surface area contributed by atoms with Crippen LogP contribution in [0.2, 0.25) is 0 Å². The Bertz CT molecular complexity index is 1280. The first kappa shape index (κ1) is 28.0. The lowest BCUT2D eigenvalue weighted by atomic mass is 10.0. The molecule has 3 aromatic carbocycles. The molecule has 10 nitrogen and oxygen atoms in total. The molecule has 0 amide bonds. The average molecular weight is 521 g/mol. The quantitative estimate of drug-likeness (QED) is 0.131. The monoisotopic (exact) mass is 520 g/mol. The summed E-state index contributed by atoms with van der Waals surface area (Å²) in [7, 11) is 0. The van der Waals surface area contributed by atoms with Gasteiger partial charge in [0, 0.05) is 35.4 Å². The van der Waals surface area contributed by atoms with Crippen molar-refractivity contribution in [2.24, 2.45) is 11.8 Å². The second-order valence-corrected chi connectivity index (χ2v) is 9.65. The summed E-state index contributed by atoms with van der Waals surface area (Å²) in [5.74, 6) is -0.762. The minimum absolute atomic E-state index is 0.0828. The molecule has 10 heteroatoms. The van der Waals surface area contributed by atoms with Crippen LogP contribution in [-0.4, -0.2) is 21.8 Å². The van der Waals surface area contributed by atoms with Crippen LogP contribution < -0.4 is 9.47 Å². The summed E-state index contributed by atoms with van der Waals surface area (Å²) in [4.78, 5) is 47.1. The first-order valence-electron chi connectivity index (χ1n) is 12.0. The number of ether oxygens (including phenoxy) is 2. The summed E-state index contributed by atoms with van der Waals surface area (Å²) in [5, 5.41) is 22.3. The van der Waals surface area contributed by atoms with Crippen LogP contribution >= 0.6 is 0 Å². The zero-order chi connectivity index (χ0) is 28.0. The smallest absolute Gasteiger partial charge is 0.343 e. The van der Waals surface area contributed by atoms with Crippen molar-refractivity contribution in [1.82, 2.24) is 0 Å². The predicted octanol–water partition coefficient (Wildman–Crippen LogP) is 6.34. The Morgan fingerprint density at radius 1 is 0.684 bits per heavy atom. The fourth-order valence-electron chi connectivity index (χ4n) is 3.85. The number of nitro groups is 2. The molecule has 0 heterocycles. The van der Waals surface area contributed by atoms with Gasteiger partial charge < -0.3 is 9.47 Å². The van der Waals surface area contributed by atoms with Gasteiger partial charge in [-0.15, -0.1) is 0 Å². The molecule has 0 aliphatic carbocycles. The Morgan fingerprint density at radius 3 is 1.42 bits per heavy atom. The lowest BCUT2D eigenvalue weighted by Gasteiger charge is -2.13. The van der Waals surface area contributed by atoms with Crippen molar-refractivity contribution in [2.75, 3.05) is 0 Å². The molecule has 0 aromatic heterocycles. The summed E-state index contributed by atoms with van der Waals surface area (Å²) < 4.78 is 11.1. The highest BCUT2D eigenvalue weighted by Crippen LogP contribution is 2.29. The molecule has 0 radical (unpaired) electrons. The van der Waals surface area contributed by atoms with Gasteiger partial charge in [0.15, 0.2) is 0 Å². The maximum absolute atomic E-state index is 12.9. The Hall–Kier alpha value is -4.60. The molecule has 3 aromatic rings. The van der Waals surface area contributed by atoms with Crippen LogP contribution in [0.15, 0.2) is 60.7 Å². The number of esters is 2. The van der Waals surface area contributed by atoms with E-state index in [4.69, 9.17) is 9.47 Å². The lowest BCUT2D eigenvalue weighted by Crippen LogP contribution is -2.14. The van der Waals surface area contributed by atoms with Gasteiger partial charge in [-0.1, -0.05) is 33.8 Å². The molecule has 0 bridgehead atoms. The van der Waals surface area contributed by atoms with Gasteiger partial charge in [-0.2, -0.15) is 0 Å². The van der Waals surface area contributed by atoms with E-state index < -0.39 is 21.8 Å². The van der Waals surface area contributed by atoms with Crippen LogP contribution in [-0.2, 0) is 12.8 Å². The van der Waals surface area contributed by atoms with Gasteiger partial charge in [-0.25, -0.2) is 9.59 Å². The summed E-state index contributed by atoms with van der Waals surface area (Å²) >= 11 is 0. The normalized spacial score (nSPS) is 10.9. The molecule has 0 saturated carbocycles. The minimum atomic E-state index is -0.741. The predicted molar refractivity (Wildman–Crippen MR) is 140 cm³/mol. The van der Waals surface area contributed by atoms with E-state index in [1.807, 2.05) is 27.7 Å². The number of nitrogens with zero attached hydrogens (tertiary/aromatic N) is 2. The highest BCUT2D eigenvalue weighted by atomic mass is 16.6. The molecular formula is C28H28N2O8. The lowest BCUT2D eigenvalue weighted by molar-refractivity contribution is -0.385. The third-order valence-electron chi connectivity index (χ3n) is 5.51. The maximum atomic E-state index is 12.9. The van der Waals surface area contributed by atoms with Crippen LogP contribution in [0.5, 0.6) is 11.5 Å². The summed E-state index contributed by atoms with van der Waals surface area (Å²) in [5.41, 5.74) is 1.00. The molecule has 198 valence electrons. The average Bonchev–Trinajstić information content (AvgIpc) is 2.85. The van der Waals surface area contributed by atoms with E-state index in [9.17, 15) is 29.8 Å². The van der Waals surface area contributed by atoms with Crippen molar-refractivity contribution in [3.8, 4) is 11.5 Å². The first-order chi connectivity index (χ1) is 17.9. The largest absolute Gasteiger partial charge is 0.423 e. The number of hydrogen-bond donors (Lipinski definition) is 0. The Labute approximate surface area is 219 Å². The SMILES string of the molecule is CC(C)Cc1cc([N+](=O)[O-])ccc1OC(=O)c1cccc(C(=O)Oc2ccc([N+](=O)[O-])cc2CC(C)C)c1. The fraction of sp³-hybridized carbons (Fsp3) is 0.286. The maximum Gasteiger partial charge on any atom is 0.343 e. The van der Waals surface area contributed by atoms with Crippen LogP contribution in [0.4, 0.5) is 11.4 Å². The van der Waals surface area contributed by atoms with E-state index in [1.54, 1.807) is 0 Å². The van der Waals surface area contributed by atoms with E-state index in [-0.39, 0.29) is 45.8 Å². The molecule has 0 spiro atoms. The Morgan fingerprint density at radius 2 is 1.08 bits per heavy atom. The molecule has 0 saturated heterocycles. The zero-order valence-electron chi connectivity index (χ0n) is 21.5. The van der Waals surface area contributed by atoms with Gasteiger partial charge in [0.1, 0.15) is 11.5 Å². The van der Waals surface area contributed by atoms with Crippen molar-refractivity contribution in [3.63, 3.8) is 0 Å². The van der Waals surface area contributed by atoms with Gasteiger partial charge in [0.2, 0.25) is 0 Å². The molecule has 38 heavy (non-hydrogen) atoms. The van der Waals surface area contributed by atoms with Crippen LogP contribution in [0, 0.1) is 32.1 Å². The third kappa shape index (κ3) is 7.22. The van der Waals surface area contributed by atoms with Gasteiger partial charge in [-0.05, 0) is 55.0 Å². The molecule has 0 fully saturated rings. The van der Waals surface area contributed by atoms with Crippen molar-refractivity contribution in [2.45, 2.75) is 40.5 Å². The number of carbonyl (C=O) groups is 2. The van der Waals surface area contributed by atoms with E-state index in [1.165, 1.54) is 60.7 Å². The number of non-ortho nitro benzene ring substituents is 2. The molecule has 0 atom stereocenters.